The lowest BCUT2D eigenvalue weighted by Crippen LogP contribution is -2.39. The summed E-state index contributed by atoms with van der Waals surface area (Å²) in [5.41, 5.74) is 4.67. The molecule has 0 saturated carbocycles. The molecule has 0 spiro atoms. The molecule has 5 rings (SSSR count). The van der Waals surface area contributed by atoms with Crippen molar-refractivity contribution in [3.8, 4) is 11.3 Å². The molecule has 1 atom stereocenters. The van der Waals surface area contributed by atoms with E-state index >= 15 is 0 Å². The Morgan fingerprint density at radius 3 is 2.53 bits per heavy atom. The summed E-state index contributed by atoms with van der Waals surface area (Å²) in [6.45, 7) is 11.8. The Hall–Kier alpha value is -4.18. The van der Waals surface area contributed by atoms with Crippen LogP contribution in [0.1, 0.15) is 72.9 Å². The standard InChI is InChI=1S/C28H32N8O2/c1-16-10-18(6-8-21(16)17(2)33-25(37)26-35-27(36-38-26)28(3,4)5)22-11-24(32-15-31-22)34-23-9-7-19(14-30-23)20-12-29-13-20/h6-11,14-15,17,20,29H,12-13H2,1-5H3,(H,33,37)(H,30,31,32,34)/t17-/m1/s1. The van der Waals surface area contributed by atoms with Gasteiger partial charge in [0.25, 0.3) is 0 Å². The van der Waals surface area contributed by atoms with Gasteiger partial charge in [-0.05, 0) is 42.7 Å². The summed E-state index contributed by atoms with van der Waals surface area (Å²) in [5.74, 6) is 2.00. The van der Waals surface area contributed by atoms with Crippen LogP contribution in [-0.4, -0.2) is 44.1 Å². The van der Waals surface area contributed by atoms with E-state index in [9.17, 15) is 4.79 Å². The van der Waals surface area contributed by atoms with E-state index in [4.69, 9.17) is 4.52 Å². The predicted molar refractivity (Wildman–Crippen MR) is 144 cm³/mol. The van der Waals surface area contributed by atoms with Crippen LogP contribution in [0.5, 0.6) is 0 Å². The number of amides is 1. The zero-order valence-corrected chi connectivity index (χ0v) is 22.2. The lowest BCUT2D eigenvalue weighted by molar-refractivity contribution is 0.0895. The highest BCUT2D eigenvalue weighted by Gasteiger charge is 2.25. The normalized spacial score (nSPS) is 14.6. The second-order valence-electron chi connectivity index (χ2n) is 10.7. The van der Waals surface area contributed by atoms with Crippen LogP contribution in [0, 0.1) is 6.92 Å². The molecule has 1 aliphatic heterocycles. The minimum atomic E-state index is -0.401. The van der Waals surface area contributed by atoms with Crippen LogP contribution in [0.4, 0.5) is 11.6 Å². The van der Waals surface area contributed by atoms with E-state index in [0.717, 1.165) is 41.3 Å². The molecule has 0 unspecified atom stereocenters. The van der Waals surface area contributed by atoms with Gasteiger partial charge < -0.3 is 20.5 Å². The Morgan fingerprint density at radius 2 is 1.89 bits per heavy atom. The number of aryl methyl sites for hydroxylation is 1. The maximum absolute atomic E-state index is 12.7. The zero-order valence-electron chi connectivity index (χ0n) is 22.2. The highest BCUT2D eigenvalue weighted by molar-refractivity contribution is 5.89. The maximum atomic E-state index is 12.7. The van der Waals surface area contributed by atoms with Crippen molar-refractivity contribution in [1.82, 2.24) is 35.7 Å². The quantitative estimate of drug-likeness (QED) is 0.329. The van der Waals surface area contributed by atoms with Gasteiger partial charge in [0.1, 0.15) is 18.0 Å². The van der Waals surface area contributed by atoms with Crippen LogP contribution in [0.15, 0.2) is 53.4 Å². The van der Waals surface area contributed by atoms with Gasteiger partial charge in [-0.25, -0.2) is 15.0 Å². The van der Waals surface area contributed by atoms with Crippen LogP contribution in [-0.2, 0) is 5.41 Å². The number of nitrogens with zero attached hydrogens (tertiary/aromatic N) is 5. The summed E-state index contributed by atoms with van der Waals surface area (Å²) < 4.78 is 5.17. The number of aromatic nitrogens is 5. The monoisotopic (exact) mass is 512 g/mol. The van der Waals surface area contributed by atoms with E-state index < -0.39 is 5.91 Å². The van der Waals surface area contributed by atoms with E-state index in [1.165, 1.54) is 11.9 Å². The summed E-state index contributed by atoms with van der Waals surface area (Å²) in [5, 5.41) is 13.4. The van der Waals surface area contributed by atoms with Gasteiger partial charge in [-0.15, -0.1) is 0 Å². The van der Waals surface area contributed by atoms with Gasteiger partial charge in [-0.3, -0.25) is 4.79 Å². The van der Waals surface area contributed by atoms with E-state index in [1.54, 1.807) is 0 Å². The Morgan fingerprint density at radius 1 is 1.08 bits per heavy atom. The number of hydrogen-bond donors (Lipinski definition) is 3. The Kier molecular flexibility index (Phi) is 6.90. The highest BCUT2D eigenvalue weighted by Crippen LogP contribution is 2.27. The van der Waals surface area contributed by atoms with Crippen molar-refractivity contribution < 1.29 is 9.32 Å². The molecule has 10 nitrogen and oxygen atoms in total. The number of rotatable bonds is 7. The number of benzene rings is 1. The third kappa shape index (κ3) is 5.55. The van der Waals surface area contributed by atoms with Gasteiger partial charge in [-0.2, -0.15) is 4.98 Å². The first-order chi connectivity index (χ1) is 18.2. The third-order valence-electron chi connectivity index (χ3n) is 6.63. The second-order valence-corrected chi connectivity index (χ2v) is 10.7. The van der Waals surface area contributed by atoms with E-state index in [2.05, 4.69) is 47.1 Å². The summed E-state index contributed by atoms with van der Waals surface area (Å²) in [7, 11) is 0. The fraction of sp³-hybridized carbons (Fsp3) is 0.357. The summed E-state index contributed by atoms with van der Waals surface area (Å²) in [4.78, 5) is 30.3. The first kappa shape index (κ1) is 25.5. The van der Waals surface area contributed by atoms with Gasteiger partial charge in [0.15, 0.2) is 5.82 Å². The maximum Gasteiger partial charge on any atom is 0.315 e. The van der Waals surface area contributed by atoms with Gasteiger partial charge in [0.2, 0.25) is 0 Å². The second kappa shape index (κ2) is 10.3. The van der Waals surface area contributed by atoms with Gasteiger partial charge in [0.05, 0.1) is 11.7 Å². The number of carbonyl (C=O) groups is 1. The highest BCUT2D eigenvalue weighted by atomic mass is 16.5. The SMILES string of the molecule is Cc1cc(-c2cc(Nc3ccc(C4CNC4)cn3)ncn2)ccc1[C@@H](C)NC(=O)c1nc(C(C)(C)C)no1. The van der Waals surface area contributed by atoms with Crippen LogP contribution in [0.25, 0.3) is 11.3 Å². The van der Waals surface area contributed by atoms with Crippen LogP contribution in [0.3, 0.4) is 0 Å². The molecule has 0 radical (unpaired) electrons. The average molecular weight is 513 g/mol. The van der Waals surface area contributed by atoms with Gasteiger partial charge in [0, 0.05) is 42.2 Å². The first-order valence-electron chi connectivity index (χ1n) is 12.7. The largest absolute Gasteiger partial charge is 0.341 e. The Balaban J connectivity index is 1.26. The van der Waals surface area contributed by atoms with Crippen molar-refractivity contribution >= 4 is 17.5 Å². The molecule has 38 heavy (non-hydrogen) atoms. The Labute approximate surface area is 221 Å². The fourth-order valence-corrected chi connectivity index (χ4v) is 4.24. The molecular weight excluding hydrogens is 480 g/mol. The van der Waals surface area contributed by atoms with E-state index in [-0.39, 0.29) is 17.3 Å². The molecule has 4 heterocycles. The summed E-state index contributed by atoms with van der Waals surface area (Å²) >= 11 is 0. The fourth-order valence-electron chi connectivity index (χ4n) is 4.24. The predicted octanol–water partition coefficient (Wildman–Crippen LogP) is 4.45. The van der Waals surface area contributed by atoms with E-state index in [1.807, 2.05) is 71.1 Å². The van der Waals surface area contributed by atoms with Crippen molar-refractivity contribution in [3.63, 3.8) is 0 Å². The van der Waals surface area contributed by atoms with Crippen molar-refractivity contribution in [3.05, 3.63) is 77.3 Å². The number of anilines is 2. The molecule has 0 bridgehead atoms. The molecule has 3 aromatic heterocycles. The smallest absolute Gasteiger partial charge is 0.315 e. The lowest BCUT2D eigenvalue weighted by atomic mass is 9.95. The third-order valence-corrected chi connectivity index (χ3v) is 6.63. The molecule has 10 heteroatoms. The first-order valence-corrected chi connectivity index (χ1v) is 12.7. The average Bonchev–Trinajstić information content (AvgIpc) is 3.36. The topological polar surface area (TPSA) is 131 Å². The molecule has 1 saturated heterocycles. The number of nitrogens with one attached hydrogen (secondary N) is 3. The molecule has 1 fully saturated rings. The van der Waals surface area contributed by atoms with Crippen LogP contribution < -0.4 is 16.0 Å². The van der Waals surface area contributed by atoms with Gasteiger partial charge >= 0.3 is 11.8 Å². The van der Waals surface area contributed by atoms with Crippen molar-refractivity contribution in [2.45, 2.75) is 52.0 Å². The number of carbonyl (C=O) groups excluding carboxylic acids is 1. The molecule has 1 amide bonds. The Bertz CT molecular complexity index is 1440. The molecule has 196 valence electrons. The van der Waals surface area contributed by atoms with Crippen molar-refractivity contribution in [1.29, 1.82) is 0 Å². The molecule has 0 aliphatic carbocycles. The molecule has 1 aliphatic rings. The number of pyridine rings is 1. The van der Waals surface area contributed by atoms with Crippen LogP contribution >= 0.6 is 0 Å². The summed E-state index contributed by atoms with van der Waals surface area (Å²) in [6, 6.07) is 11.8. The zero-order chi connectivity index (χ0) is 26.9. The van der Waals surface area contributed by atoms with Crippen LogP contribution in [0.2, 0.25) is 0 Å². The lowest BCUT2D eigenvalue weighted by Gasteiger charge is -2.27. The molecule has 4 aromatic rings. The van der Waals surface area contributed by atoms with Gasteiger partial charge in [-0.1, -0.05) is 44.1 Å². The molecule has 1 aromatic carbocycles. The van der Waals surface area contributed by atoms with E-state index in [0.29, 0.717) is 17.6 Å². The minimum absolute atomic E-state index is 0.0405. The summed E-state index contributed by atoms with van der Waals surface area (Å²) in [6.07, 6.45) is 3.45. The number of hydrogen-bond acceptors (Lipinski definition) is 9. The van der Waals surface area contributed by atoms with Crippen molar-refractivity contribution in [2.24, 2.45) is 0 Å². The molecular formula is C28H32N8O2. The molecule has 3 N–H and O–H groups in total. The van der Waals surface area contributed by atoms with Crippen molar-refractivity contribution in [2.75, 3.05) is 18.4 Å². The minimum Gasteiger partial charge on any atom is -0.341 e.